The monoisotopic (exact) mass is 216 g/mol. The van der Waals surface area contributed by atoms with E-state index in [2.05, 4.69) is 17.1 Å². The van der Waals surface area contributed by atoms with Gasteiger partial charge < -0.3 is 10.1 Å². The second-order valence-corrected chi connectivity index (χ2v) is 3.69. The van der Waals surface area contributed by atoms with E-state index in [9.17, 15) is 4.79 Å². The molecule has 0 aliphatic heterocycles. The van der Waals surface area contributed by atoms with Crippen LogP contribution in [0.15, 0.2) is 0 Å². The van der Waals surface area contributed by atoms with E-state index in [4.69, 9.17) is 4.74 Å². The predicted octanol–water partition coefficient (Wildman–Crippen LogP) is 0.869. The number of carbonyl (C=O) groups excluding carboxylic acids is 1. The lowest BCUT2D eigenvalue weighted by Gasteiger charge is -2.25. The van der Waals surface area contributed by atoms with Crippen molar-refractivity contribution in [3.05, 3.63) is 0 Å². The van der Waals surface area contributed by atoms with Crippen molar-refractivity contribution in [3.63, 3.8) is 0 Å². The van der Waals surface area contributed by atoms with Crippen LogP contribution in [0.4, 0.5) is 0 Å². The van der Waals surface area contributed by atoms with Gasteiger partial charge in [0.2, 0.25) is 5.91 Å². The molecule has 0 fully saturated rings. The lowest BCUT2D eigenvalue weighted by Crippen LogP contribution is -2.45. The van der Waals surface area contributed by atoms with Crippen LogP contribution in [0.2, 0.25) is 0 Å². The Bertz CT molecular complexity index is 174. The standard InChI is InChI=1S/C11H24N2O2/c1-5-8-13(3)10(6-2)11(14)12-7-9-15-4/h10H,5-9H2,1-4H3,(H,12,14). The molecule has 0 aromatic heterocycles. The van der Waals surface area contributed by atoms with Gasteiger partial charge in [-0.25, -0.2) is 0 Å². The molecule has 0 aromatic rings. The van der Waals surface area contributed by atoms with Gasteiger partial charge in [0.1, 0.15) is 0 Å². The fraction of sp³-hybridized carbons (Fsp3) is 0.909. The zero-order valence-corrected chi connectivity index (χ0v) is 10.4. The topological polar surface area (TPSA) is 41.6 Å². The van der Waals surface area contributed by atoms with E-state index in [1.807, 2.05) is 14.0 Å². The summed E-state index contributed by atoms with van der Waals surface area (Å²) in [6.07, 6.45) is 1.91. The van der Waals surface area contributed by atoms with Crippen molar-refractivity contribution in [1.29, 1.82) is 0 Å². The van der Waals surface area contributed by atoms with Gasteiger partial charge in [-0.15, -0.1) is 0 Å². The summed E-state index contributed by atoms with van der Waals surface area (Å²) in [7, 11) is 3.63. The molecule has 0 aliphatic carbocycles. The number of nitrogens with zero attached hydrogens (tertiary/aromatic N) is 1. The van der Waals surface area contributed by atoms with E-state index in [0.717, 1.165) is 19.4 Å². The summed E-state index contributed by atoms with van der Waals surface area (Å²) in [6.45, 7) is 6.26. The van der Waals surface area contributed by atoms with Crippen molar-refractivity contribution in [2.24, 2.45) is 0 Å². The van der Waals surface area contributed by atoms with Gasteiger partial charge in [-0.2, -0.15) is 0 Å². The first-order valence-corrected chi connectivity index (χ1v) is 5.64. The van der Waals surface area contributed by atoms with Crippen molar-refractivity contribution in [2.45, 2.75) is 32.7 Å². The molecule has 15 heavy (non-hydrogen) atoms. The van der Waals surface area contributed by atoms with Crippen LogP contribution < -0.4 is 5.32 Å². The average molecular weight is 216 g/mol. The van der Waals surface area contributed by atoms with E-state index >= 15 is 0 Å². The normalized spacial score (nSPS) is 12.9. The average Bonchev–Trinajstić information content (AvgIpc) is 2.19. The molecule has 0 saturated heterocycles. The Morgan fingerprint density at radius 2 is 2.13 bits per heavy atom. The van der Waals surface area contributed by atoms with Gasteiger partial charge in [-0.05, 0) is 26.4 Å². The zero-order valence-electron chi connectivity index (χ0n) is 10.4. The quantitative estimate of drug-likeness (QED) is 0.612. The van der Waals surface area contributed by atoms with Crippen LogP contribution in [-0.4, -0.2) is 50.7 Å². The summed E-state index contributed by atoms with van der Waals surface area (Å²) in [6, 6.07) is -0.0122. The Morgan fingerprint density at radius 3 is 2.60 bits per heavy atom. The molecule has 0 bridgehead atoms. The summed E-state index contributed by atoms with van der Waals surface area (Å²) in [4.78, 5) is 13.9. The molecule has 0 rings (SSSR count). The number of hydrogen-bond acceptors (Lipinski definition) is 3. The number of hydrogen-bond donors (Lipinski definition) is 1. The van der Waals surface area contributed by atoms with Crippen LogP contribution in [0, 0.1) is 0 Å². The van der Waals surface area contributed by atoms with E-state index in [0.29, 0.717) is 13.2 Å². The molecule has 0 radical (unpaired) electrons. The van der Waals surface area contributed by atoms with Crippen molar-refractivity contribution >= 4 is 5.91 Å². The molecule has 1 unspecified atom stereocenters. The van der Waals surface area contributed by atoms with Crippen LogP contribution in [0.25, 0.3) is 0 Å². The first-order valence-electron chi connectivity index (χ1n) is 5.64. The highest BCUT2D eigenvalue weighted by Crippen LogP contribution is 2.02. The zero-order chi connectivity index (χ0) is 11.7. The van der Waals surface area contributed by atoms with E-state index in [1.165, 1.54) is 0 Å². The van der Waals surface area contributed by atoms with Crippen molar-refractivity contribution < 1.29 is 9.53 Å². The highest BCUT2D eigenvalue weighted by Gasteiger charge is 2.19. The molecule has 4 nitrogen and oxygen atoms in total. The first-order chi connectivity index (χ1) is 7.17. The van der Waals surface area contributed by atoms with Gasteiger partial charge in [0.05, 0.1) is 12.6 Å². The van der Waals surface area contributed by atoms with E-state index in [-0.39, 0.29) is 11.9 Å². The van der Waals surface area contributed by atoms with Gasteiger partial charge in [0.15, 0.2) is 0 Å². The van der Waals surface area contributed by atoms with Gasteiger partial charge in [-0.3, -0.25) is 9.69 Å². The third-order valence-corrected chi connectivity index (χ3v) is 2.40. The Hall–Kier alpha value is -0.610. The summed E-state index contributed by atoms with van der Waals surface area (Å²) in [5.74, 6) is 0.102. The maximum atomic E-state index is 11.8. The number of rotatable bonds is 8. The Morgan fingerprint density at radius 1 is 1.47 bits per heavy atom. The molecule has 0 heterocycles. The number of likely N-dealkylation sites (N-methyl/N-ethyl adjacent to an activating group) is 1. The number of carbonyl (C=O) groups is 1. The molecule has 1 N–H and O–H groups in total. The van der Waals surface area contributed by atoms with Gasteiger partial charge in [0.25, 0.3) is 0 Å². The summed E-state index contributed by atoms with van der Waals surface area (Å²) < 4.78 is 4.89. The van der Waals surface area contributed by atoms with Crippen LogP contribution in [0.5, 0.6) is 0 Å². The number of nitrogens with one attached hydrogen (secondary N) is 1. The van der Waals surface area contributed by atoms with Crippen LogP contribution in [0.1, 0.15) is 26.7 Å². The first kappa shape index (κ1) is 14.4. The second kappa shape index (κ2) is 8.68. The minimum absolute atomic E-state index is 0.0122. The van der Waals surface area contributed by atoms with Crippen molar-refractivity contribution in [2.75, 3.05) is 33.9 Å². The minimum Gasteiger partial charge on any atom is -0.383 e. The fourth-order valence-electron chi connectivity index (χ4n) is 1.60. The molecule has 90 valence electrons. The third-order valence-electron chi connectivity index (χ3n) is 2.40. The van der Waals surface area contributed by atoms with Crippen LogP contribution in [-0.2, 0) is 9.53 Å². The minimum atomic E-state index is -0.0122. The lowest BCUT2D eigenvalue weighted by molar-refractivity contribution is -0.126. The molecule has 4 heteroatoms. The Balaban J connectivity index is 3.97. The SMILES string of the molecule is CCCN(C)C(CC)C(=O)NCCOC. The smallest absolute Gasteiger partial charge is 0.237 e. The van der Waals surface area contributed by atoms with Gasteiger partial charge in [0, 0.05) is 13.7 Å². The summed E-state index contributed by atoms with van der Waals surface area (Å²) in [5.41, 5.74) is 0. The molecular weight excluding hydrogens is 192 g/mol. The van der Waals surface area contributed by atoms with E-state index < -0.39 is 0 Å². The fourth-order valence-corrected chi connectivity index (χ4v) is 1.60. The largest absolute Gasteiger partial charge is 0.383 e. The molecule has 1 atom stereocenters. The Kier molecular flexibility index (Phi) is 8.33. The van der Waals surface area contributed by atoms with E-state index in [1.54, 1.807) is 7.11 Å². The number of methoxy groups -OCH3 is 1. The van der Waals surface area contributed by atoms with Crippen LogP contribution >= 0.6 is 0 Å². The molecule has 0 saturated carbocycles. The molecule has 0 spiro atoms. The molecule has 1 amide bonds. The number of ether oxygens (including phenoxy) is 1. The number of amides is 1. The predicted molar refractivity (Wildman–Crippen MR) is 61.9 cm³/mol. The molecular formula is C11H24N2O2. The highest BCUT2D eigenvalue weighted by atomic mass is 16.5. The Labute approximate surface area is 93.0 Å². The van der Waals surface area contributed by atoms with Gasteiger partial charge >= 0.3 is 0 Å². The van der Waals surface area contributed by atoms with Crippen LogP contribution in [0.3, 0.4) is 0 Å². The highest BCUT2D eigenvalue weighted by molar-refractivity contribution is 5.81. The van der Waals surface area contributed by atoms with Gasteiger partial charge in [-0.1, -0.05) is 13.8 Å². The third kappa shape index (κ3) is 5.74. The maximum Gasteiger partial charge on any atom is 0.237 e. The molecule has 0 aromatic carbocycles. The van der Waals surface area contributed by atoms with Crippen molar-refractivity contribution in [3.8, 4) is 0 Å². The summed E-state index contributed by atoms with van der Waals surface area (Å²) in [5, 5.41) is 2.87. The maximum absolute atomic E-state index is 11.8. The van der Waals surface area contributed by atoms with Crippen molar-refractivity contribution in [1.82, 2.24) is 10.2 Å². The second-order valence-electron chi connectivity index (χ2n) is 3.69. The lowest BCUT2D eigenvalue weighted by atomic mass is 10.2. The molecule has 0 aliphatic rings. The summed E-state index contributed by atoms with van der Waals surface area (Å²) >= 11 is 0.